The van der Waals surface area contributed by atoms with Crippen LogP contribution in [-0.2, 0) is 10.5 Å². The van der Waals surface area contributed by atoms with Crippen LogP contribution in [0, 0.1) is 0 Å². The van der Waals surface area contributed by atoms with E-state index < -0.39 is 10.7 Å². The first-order valence-corrected chi connectivity index (χ1v) is 7.72. The molecular formula is C14H17ClO4S. The van der Waals surface area contributed by atoms with E-state index in [1.54, 1.807) is 19.9 Å². The number of halogens is 1. The van der Waals surface area contributed by atoms with Gasteiger partial charge in [0.15, 0.2) is 11.5 Å². The van der Waals surface area contributed by atoms with E-state index >= 15 is 0 Å². The number of hydrogen-bond acceptors (Lipinski definition) is 4. The van der Waals surface area contributed by atoms with Crippen molar-refractivity contribution in [2.24, 2.45) is 0 Å². The Bertz CT molecular complexity index is 516. The molecule has 1 heterocycles. The minimum Gasteiger partial charge on any atom is -0.489 e. The van der Waals surface area contributed by atoms with E-state index in [-0.39, 0.29) is 0 Å². The van der Waals surface area contributed by atoms with Crippen molar-refractivity contribution in [1.29, 1.82) is 0 Å². The highest BCUT2D eigenvalue weighted by molar-refractivity contribution is 8.00. The van der Waals surface area contributed by atoms with E-state index in [0.29, 0.717) is 35.5 Å². The standard InChI is InChI=1S/C14H17ClO4S/c1-14(2,13(16)17)20-8-9-6-10(15)12-11(7-9)18-4-3-5-19-12/h6-7H,3-5,8H2,1-2H3,(H,16,17). The quantitative estimate of drug-likeness (QED) is 0.919. The molecule has 0 saturated heterocycles. The van der Waals surface area contributed by atoms with Crippen LogP contribution >= 0.6 is 23.4 Å². The molecule has 1 aliphatic rings. The Morgan fingerprint density at radius 1 is 1.40 bits per heavy atom. The molecule has 0 radical (unpaired) electrons. The minimum absolute atomic E-state index is 0.508. The van der Waals surface area contributed by atoms with E-state index in [9.17, 15) is 4.79 Å². The van der Waals surface area contributed by atoms with Crippen molar-refractivity contribution < 1.29 is 19.4 Å². The number of carboxylic acids is 1. The predicted molar refractivity (Wildman–Crippen MR) is 80.1 cm³/mol. The van der Waals surface area contributed by atoms with Gasteiger partial charge in [0.25, 0.3) is 0 Å². The van der Waals surface area contributed by atoms with Crippen molar-refractivity contribution in [2.75, 3.05) is 13.2 Å². The molecule has 0 atom stereocenters. The van der Waals surface area contributed by atoms with E-state index in [4.69, 9.17) is 26.2 Å². The molecule has 1 N–H and O–H groups in total. The molecule has 0 spiro atoms. The lowest BCUT2D eigenvalue weighted by molar-refractivity contribution is -0.138. The summed E-state index contributed by atoms with van der Waals surface area (Å²) < 4.78 is 10.3. The monoisotopic (exact) mass is 316 g/mol. The fraction of sp³-hybridized carbons (Fsp3) is 0.500. The molecule has 0 aliphatic carbocycles. The second-order valence-corrected chi connectivity index (χ2v) is 7.06. The number of rotatable bonds is 4. The summed E-state index contributed by atoms with van der Waals surface area (Å²) in [5.41, 5.74) is 0.929. The van der Waals surface area contributed by atoms with Crippen LogP contribution in [0.1, 0.15) is 25.8 Å². The Balaban J connectivity index is 2.16. The van der Waals surface area contributed by atoms with Crippen LogP contribution in [0.3, 0.4) is 0 Å². The fourth-order valence-corrected chi connectivity index (χ4v) is 2.80. The van der Waals surface area contributed by atoms with Gasteiger partial charge in [-0.15, -0.1) is 11.8 Å². The zero-order chi connectivity index (χ0) is 14.8. The maximum Gasteiger partial charge on any atom is 0.319 e. The van der Waals surface area contributed by atoms with Crippen LogP contribution in [0.4, 0.5) is 0 Å². The molecule has 1 aromatic rings. The van der Waals surface area contributed by atoms with Crippen molar-refractivity contribution in [2.45, 2.75) is 30.8 Å². The molecule has 0 amide bonds. The molecule has 4 nitrogen and oxygen atoms in total. The van der Waals surface area contributed by atoms with Crippen molar-refractivity contribution in [1.82, 2.24) is 0 Å². The molecule has 2 rings (SSSR count). The number of carboxylic acid groups (broad SMARTS) is 1. The van der Waals surface area contributed by atoms with Gasteiger partial charge in [-0.05, 0) is 31.5 Å². The Morgan fingerprint density at radius 3 is 2.80 bits per heavy atom. The average molecular weight is 317 g/mol. The summed E-state index contributed by atoms with van der Waals surface area (Å²) in [5, 5.41) is 9.62. The lowest BCUT2D eigenvalue weighted by Gasteiger charge is -2.19. The maximum atomic E-state index is 11.1. The zero-order valence-corrected chi connectivity index (χ0v) is 13.0. The van der Waals surface area contributed by atoms with Crippen LogP contribution < -0.4 is 9.47 Å². The van der Waals surface area contributed by atoms with Gasteiger partial charge in [-0.3, -0.25) is 4.79 Å². The SMILES string of the molecule is CC(C)(SCc1cc(Cl)c2c(c1)OCCCO2)C(=O)O. The predicted octanol–water partition coefficient (Wildman–Crippen LogP) is 3.60. The number of benzene rings is 1. The molecule has 1 aliphatic heterocycles. The first-order chi connectivity index (χ1) is 9.40. The maximum absolute atomic E-state index is 11.1. The number of aliphatic carboxylic acids is 1. The summed E-state index contributed by atoms with van der Waals surface area (Å²) >= 11 is 7.55. The summed E-state index contributed by atoms with van der Waals surface area (Å²) in [6.45, 7) is 4.56. The molecule has 1 aromatic carbocycles. The third kappa shape index (κ3) is 3.52. The Hall–Kier alpha value is -1.07. The second-order valence-electron chi connectivity index (χ2n) is 5.06. The van der Waals surface area contributed by atoms with Crippen molar-refractivity contribution >= 4 is 29.3 Å². The van der Waals surface area contributed by atoms with Crippen LogP contribution in [0.15, 0.2) is 12.1 Å². The molecule has 0 aromatic heterocycles. The number of carbonyl (C=O) groups is 1. The van der Waals surface area contributed by atoms with Crippen LogP contribution in [0.25, 0.3) is 0 Å². The molecule has 110 valence electrons. The number of ether oxygens (including phenoxy) is 2. The van der Waals surface area contributed by atoms with Gasteiger partial charge < -0.3 is 14.6 Å². The van der Waals surface area contributed by atoms with Gasteiger partial charge in [-0.2, -0.15) is 0 Å². The third-order valence-electron chi connectivity index (χ3n) is 2.98. The first-order valence-electron chi connectivity index (χ1n) is 6.35. The van der Waals surface area contributed by atoms with Crippen LogP contribution in [0.2, 0.25) is 5.02 Å². The van der Waals surface area contributed by atoms with Crippen molar-refractivity contribution in [3.8, 4) is 11.5 Å². The summed E-state index contributed by atoms with van der Waals surface area (Å²) in [6, 6.07) is 3.68. The summed E-state index contributed by atoms with van der Waals surface area (Å²) in [4.78, 5) is 11.1. The minimum atomic E-state index is -0.837. The van der Waals surface area contributed by atoms with Crippen LogP contribution in [0.5, 0.6) is 11.5 Å². The lowest BCUT2D eigenvalue weighted by atomic mass is 10.2. The second kappa shape index (κ2) is 6.14. The highest BCUT2D eigenvalue weighted by atomic mass is 35.5. The summed E-state index contributed by atoms with van der Waals surface area (Å²) in [7, 11) is 0. The fourth-order valence-electron chi connectivity index (χ4n) is 1.69. The van der Waals surface area contributed by atoms with E-state index in [1.165, 1.54) is 11.8 Å². The molecule has 0 fully saturated rings. The highest BCUT2D eigenvalue weighted by Gasteiger charge is 2.27. The van der Waals surface area contributed by atoms with E-state index in [0.717, 1.165) is 12.0 Å². The van der Waals surface area contributed by atoms with Gasteiger partial charge in [0.1, 0.15) is 4.75 Å². The molecule has 0 bridgehead atoms. The third-order valence-corrected chi connectivity index (χ3v) is 4.63. The summed E-state index contributed by atoms with van der Waals surface area (Å²) in [5.74, 6) is 0.937. The number of thioether (sulfide) groups is 1. The molecule has 0 saturated carbocycles. The van der Waals surface area contributed by atoms with E-state index in [1.807, 2.05) is 6.07 Å². The molecule has 20 heavy (non-hydrogen) atoms. The largest absolute Gasteiger partial charge is 0.489 e. The number of hydrogen-bond donors (Lipinski definition) is 1. The topological polar surface area (TPSA) is 55.8 Å². The Labute approximate surface area is 127 Å². The molecular weight excluding hydrogens is 300 g/mol. The van der Waals surface area contributed by atoms with Gasteiger partial charge >= 0.3 is 5.97 Å². The van der Waals surface area contributed by atoms with Gasteiger partial charge in [0.2, 0.25) is 0 Å². The first kappa shape index (κ1) is 15.3. The zero-order valence-electron chi connectivity index (χ0n) is 11.4. The highest BCUT2D eigenvalue weighted by Crippen LogP contribution is 2.39. The van der Waals surface area contributed by atoms with Crippen molar-refractivity contribution in [3.63, 3.8) is 0 Å². The average Bonchev–Trinajstić information content (AvgIpc) is 2.62. The van der Waals surface area contributed by atoms with Crippen LogP contribution in [-0.4, -0.2) is 29.0 Å². The Kier molecular flexibility index (Phi) is 4.70. The smallest absolute Gasteiger partial charge is 0.319 e. The normalized spacial score (nSPS) is 14.8. The number of fused-ring (bicyclic) bond motifs is 1. The summed E-state index contributed by atoms with van der Waals surface area (Å²) in [6.07, 6.45) is 0.821. The van der Waals surface area contributed by atoms with Gasteiger partial charge in [0.05, 0.1) is 18.2 Å². The molecule has 6 heteroatoms. The van der Waals surface area contributed by atoms with Gasteiger partial charge in [-0.25, -0.2) is 0 Å². The Morgan fingerprint density at radius 2 is 2.10 bits per heavy atom. The van der Waals surface area contributed by atoms with Gasteiger partial charge in [-0.1, -0.05) is 11.6 Å². The van der Waals surface area contributed by atoms with Crippen molar-refractivity contribution in [3.05, 3.63) is 22.7 Å². The van der Waals surface area contributed by atoms with E-state index in [2.05, 4.69) is 0 Å². The molecule has 0 unspecified atom stereocenters. The van der Waals surface area contributed by atoms with Gasteiger partial charge in [0, 0.05) is 12.2 Å². The lowest BCUT2D eigenvalue weighted by Crippen LogP contribution is -2.27.